The predicted octanol–water partition coefficient (Wildman–Crippen LogP) is 6.76. The van der Waals surface area contributed by atoms with Crippen LogP contribution in [-0.4, -0.2) is 21.5 Å². The molecule has 3 aromatic carbocycles. The van der Waals surface area contributed by atoms with E-state index < -0.39 is 21.2 Å². The molecule has 1 aliphatic carbocycles. The number of benzene rings is 3. The van der Waals surface area contributed by atoms with Gasteiger partial charge in [0.1, 0.15) is 0 Å². The Hall–Kier alpha value is -4.92. The molecule has 2 aliphatic rings. The summed E-state index contributed by atoms with van der Waals surface area (Å²) in [7, 11) is 1.42. The van der Waals surface area contributed by atoms with E-state index >= 15 is 0 Å². The Morgan fingerprint density at radius 2 is 1.85 bits per heavy atom. The molecule has 0 saturated carbocycles. The van der Waals surface area contributed by atoms with Crippen molar-refractivity contribution in [3.05, 3.63) is 144 Å². The molecule has 230 valence electrons. The van der Waals surface area contributed by atoms with Gasteiger partial charge >= 0.3 is 5.69 Å². The van der Waals surface area contributed by atoms with E-state index in [1.54, 1.807) is 34.1 Å². The van der Waals surface area contributed by atoms with E-state index in [2.05, 4.69) is 34.1 Å². The van der Waals surface area contributed by atoms with Crippen molar-refractivity contribution in [1.82, 2.24) is 4.57 Å². The molecular formula is C32H21BrN4O7S2. The zero-order chi connectivity index (χ0) is 32.1. The Bertz CT molecular complexity index is 2290. The maximum atomic E-state index is 14.1. The number of ether oxygens (including phenoxy) is 2. The topological polar surface area (TPSA) is 139 Å². The van der Waals surface area contributed by atoms with Gasteiger partial charge in [-0.25, -0.2) is 4.99 Å². The van der Waals surface area contributed by atoms with E-state index in [0.29, 0.717) is 19.4 Å². The molecule has 0 spiro atoms. The van der Waals surface area contributed by atoms with E-state index in [-0.39, 0.29) is 28.8 Å². The fourth-order valence-corrected chi connectivity index (χ4v) is 8.14. The first kappa shape index (κ1) is 29.8. The highest BCUT2D eigenvalue weighted by molar-refractivity contribution is 9.10. The standard InChI is InChI=1S/C32H21BrN4O7S2/c1-43-25-14-17(13-22(33)30(25)44-24-11-9-19(36(39)40)16-23(24)37(41)42)15-27-31(38)35-29(26-7-4-12-45-26)21-10-8-18-5-2-3-6-20(18)28(21)34-32(35)46-27/h2-7,9,11-16,29H,8,10H2,1H3/b27-15+/t29-/m0/s1. The zero-order valence-corrected chi connectivity index (χ0v) is 27.1. The number of nitro benzene ring substituents is 2. The van der Waals surface area contributed by atoms with Gasteiger partial charge in [0, 0.05) is 16.5 Å². The first-order valence-electron chi connectivity index (χ1n) is 13.9. The second kappa shape index (κ2) is 11.8. The summed E-state index contributed by atoms with van der Waals surface area (Å²) in [5, 5.41) is 24.8. The zero-order valence-electron chi connectivity index (χ0n) is 23.8. The van der Waals surface area contributed by atoms with Crippen molar-refractivity contribution < 1.29 is 19.3 Å². The number of hydrogen-bond donors (Lipinski definition) is 0. The van der Waals surface area contributed by atoms with Gasteiger partial charge in [-0.2, -0.15) is 0 Å². The van der Waals surface area contributed by atoms with Crippen LogP contribution in [0, 0.1) is 20.2 Å². The number of non-ortho nitro benzene ring substituents is 1. The van der Waals surface area contributed by atoms with Crippen LogP contribution in [-0.2, 0) is 6.42 Å². The summed E-state index contributed by atoms with van der Waals surface area (Å²) in [4.78, 5) is 42.1. The van der Waals surface area contributed by atoms with Crippen LogP contribution < -0.4 is 24.4 Å². The van der Waals surface area contributed by atoms with Crippen LogP contribution in [0.1, 0.15) is 34.0 Å². The van der Waals surface area contributed by atoms with Gasteiger partial charge in [0.15, 0.2) is 16.3 Å². The average molecular weight is 718 g/mol. The number of aryl methyl sites for hydroxylation is 1. The number of rotatable bonds is 7. The Balaban J connectivity index is 1.32. The molecular weight excluding hydrogens is 696 g/mol. The smallest absolute Gasteiger partial charge is 0.318 e. The molecule has 2 aromatic heterocycles. The van der Waals surface area contributed by atoms with Gasteiger partial charge in [-0.3, -0.25) is 29.6 Å². The highest BCUT2D eigenvalue weighted by Crippen LogP contribution is 2.44. The number of fused-ring (bicyclic) bond motifs is 3. The molecule has 0 N–H and O–H groups in total. The summed E-state index contributed by atoms with van der Waals surface area (Å²) in [5.41, 5.74) is 3.84. The van der Waals surface area contributed by atoms with E-state index in [0.717, 1.165) is 46.7 Å². The number of halogens is 1. The van der Waals surface area contributed by atoms with Crippen LogP contribution in [0.15, 0.2) is 91.9 Å². The van der Waals surface area contributed by atoms with E-state index in [1.807, 2.05) is 23.6 Å². The number of aromatic nitrogens is 1. The average Bonchev–Trinajstić information content (AvgIpc) is 3.69. The van der Waals surface area contributed by atoms with Crippen molar-refractivity contribution in [3.8, 4) is 17.2 Å². The summed E-state index contributed by atoms with van der Waals surface area (Å²) < 4.78 is 14.1. The Morgan fingerprint density at radius 1 is 1.02 bits per heavy atom. The van der Waals surface area contributed by atoms with Gasteiger partial charge in [-0.05, 0) is 81.2 Å². The number of methoxy groups -OCH3 is 1. The SMILES string of the molecule is COc1cc(/C=c2/sc3n(c2=O)[C@H](c2cccs2)C2=C(N=3)c3ccccc3CC2)cc(Br)c1Oc1ccc([N+](=O)[O-])cc1[N+](=O)[O-]. The Morgan fingerprint density at radius 3 is 2.59 bits per heavy atom. The quantitative estimate of drug-likeness (QED) is 0.134. The second-order valence-corrected chi connectivity index (χ2v) is 13.3. The van der Waals surface area contributed by atoms with Gasteiger partial charge in [-0.1, -0.05) is 41.7 Å². The van der Waals surface area contributed by atoms with Gasteiger partial charge < -0.3 is 9.47 Å². The largest absolute Gasteiger partial charge is 0.493 e. The molecule has 0 saturated heterocycles. The molecule has 3 heterocycles. The third kappa shape index (κ3) is 5.13. The Labute approximate surface area is 276 Å². The lowest BCUT2D eigenvalue weighted by Gasteiger charge is -2.30. The molecule has 1 aliphatic heterocycles. The molecule has 11 nitrogen and oxygen atoms in total. The summed E-state index contributed by atoms with van der Waals surface area (Å²) >= 11 is 6.39. The summed E-state index contributed by atoms with van der Waals surface area (Å²) in [6.07, 6.45) is 3.43. The Kier molecular flexibility index (Phi) is 7.63. The van der Waals surface area contributed by atoms with Crippen LogP contribution in [0.2, 0.25) is 0 Å². The summed E-state index contributed by atoms with van der Waals surface area (Å²) in [6, 6.07) is 18.5. The minimum Gasteiger partial charge on any atom is -0.493 e. The fourth-order valence-electron chi connectivity index (χ4n) is 5.75. The lowest BCUT2D eigenvalue weighted by molar-refractivity contribution is -0.394. The number of hydrogen-bond acceptors (Lipinski definition) is 10. The molecule has 1 atom stereocenters. The highest BCUT2D eigenvalue weighted by Gasteiger charge is 2.33. The number of thiophene rings is 1. The van der Waals surface area contributed by atoms with Crippen molar-refractivity contribution in [2.24, 2.45) is 4.99 Å². The first-order valence-corrected chi connectivity index (χ1v) is 16.4. The van der Waals surface area contributed by atoms with Crippen molar-refractivity contribution in [1.29, 1.82) is 0 Å². The minimum absolute atomic E-state index is 0.127. The normalized spacial score (nSPS) is 15.4. The van der Waals surface area contributed by atoms with Gasteiger partial charge in [-0.15, -0.1) is 11.3 Å². The summed E-state index contributed by atoms with van der Waals surface area (Å²) in [6.45, 7) is 0. The lowest BCUT2D eigenvalue weighted by Crippen LogP contribution is -2.38. The highest BCUT2D eigenvalue weighted by atomic mass is 79.9. The number of thiazole rings is 1. The fraction of sp³-hybridized carbons (Fsp3) is 0.125. The van der Waals surface area contributed by atoms with Crippen molar-refractivity contribution in [2.45, 2.75) is 18.9 Å². The molecule has 0 unspecified atom stereocenters. The molecule has 14 heteroatoms. The van der Waals surface area contributed by atoms with Gasteiger partial charge in [0.25, 0.3) is 11.2 Å². The van der Waals surface area contributed by atoms with Crippen molar-refractivity contribution in [3.63, 3.8) is 0 Å². The lowest BCUT2D eigenvalue weighted by atomic mass is 9.85. The molecule has 0 bridgehead atoms. The molecule has 46 heavy (non-hydrogen) atoms. The van der Waals surface area contributed by atoms with Crippen molar-refractivity contribution in [2.75, 3.05) is 7.11 Å². The third-order valence-electron chi connectivity index (χ3n) is 7.80. The molecule has 0 radical (unpaired) electrons. The maximum absolute atomic E-state index is 14.1. The van der Waals surface area contributed by atoms with E-state index in [1.165, 1.54) is 30.1 Å². The number of allylic oxidation sites excluding steroid dienone is 1. The maximum Gasteiger partial charge on any atom is 0.318 e. The summed E-state index contributed by atoms with van der Waals surface area (Å²) in [5.74, 6) is 0.154. The van der Waals surface area contributed by atoms with Gasteiger partial charge in [0.2, 0.25) is 5.75 Å². The minimum atomic E-state index is -0.753. The molecule has 7 rings (SSSR count). The van der Waals surface area contributed by atoms with E-state index in [4.69, 9.17) is 14.5 Å². The molecule has 0 amide bonds. The van der Waals surface area contributed by atoms with Crippen LogP contribution in [0.25, 0.3) is 11.8 Å². The molecule has 5 aromatic rings. The van der Waals surface area contributed by atoms with Gasteiger partial charge in [0.05, 0.1) is 43.8 Å². The monoisotopic (exact) mass is 716 g/mol. The second-order valence-electron chi connectivity index (χ2n) is 10.4. The number of nitro groups is 2. The predicted molar refractivity (Wildman–Crippen MR) is 178 cm³/mol. The van der Waals surface area contributed by atoms with Crippen LogP contribution >= 0.6 is 38.6 Å². The van der Waals surface area contributed by atoms with Crippen LogP contribution in [0.3, 0.4) is 0 Å². The molecule has 0 fully saturated rings. The third-order valence-corrected chi connectivity index (χ3v) is 10.3. The van der Waals surface area contributed by atoms with E-state index in [9.17, 15) is 25.0 Å². The van der Waals surface area contributed by atoms with Crippen LogP contribution in [0.5, 0.6) is 17.2 Å². The first-order chi connectivity index (χ1) is 22.2. The van der Waals surface area contributed by atoms with Crippen LogP contribution in [0.4, 0.5) is 11.4 Å². The number of nitrogens with zero attached hydrogens (tertiary/aromatic N) is 4. The van der Waals surface area contributed by atoms with Crippen molar-refractivity contribution >= 4 is 61.8 Å².